The molecule has 0 aliphatic heterocycles. The van der Waals surface area contributed by atoms with Crippen LogP contribution >= 0.6 is 11.3 Å². The second-order valence-electron chi connectivity index (χ2n) is 4.96. The van der Waals surface area contributed by atoms with E-state index >= 15 is 0 Å². The van der Waals surface area contributed by atoms with Crippen LogP contribution < -0.4 is 10.0 Å². The standard InChI is InChI=1S/C14H19N3O3S2/c1-10-13(22(15,19)20)21-14(16-10)17(2)12(8-9-18)11-6-4-3-5-7-11/h3-7,12,18H,8-9H2,1-2H3,(H2,15,19,20)/t12-/m1/s1. The third kappa shape index (κ3) is 3.64. The van der Waals surface area contributed by atoms with Gasteiger partial charge in [-0.05, 0) is 18.9 Å². The Hall–Kier alpha value is -1.48. The zero-order valence-electron chi connectivity index (χ0n) is 12.4. The van der Waals surface area contributed by atoms with Crippen LogP contribution in [0.5, 0.6) is 0 Å². The average molecular weight is 341 g/mol. The van der Waals surface area contributed by atoms with Crippen LogP contribution in [0.15, 0.2) is 34.5 Å². The van der Waals surface area contributed by atoms with Crippen LogP contribution in [0.25, 0.3) is 0 Å². The summed E-state index contributed by atoms with van der Waals surface area (Å²) in [5, 5.41) is 15.1. The molecule has 0 amide bonds. The van der Waals surface area contributed by atoms with Crippen molar-refractivity contribution in [2.24, 2.45) is 5.14 Å². The number of hydrogen-bond donors (Lipinski definition) is 2. The van der Waals surface area contributed by atoms with Crippen molar-refractivity contribution in [1.82, 2.24) is 4.98 Å². The number of aryl methyl sites for hydroxylation is 1. The molecular formula is C14H19N3O3S2. The Balaban J connectivity index is 2.38. The van der Waals surface area contributed by atoms with Crippen LogP contribution in [0, 0.1) is 6.92 Å². The first kappa shape index (κ1) is 16.9. The van der Waals surface area contributed by atoms with E-state index in [0.29, 0.717) is 17.2 Å². The topological polar surface area (TPSA) is 96.5 Å². The van der Waals surface area contributed by atoms with Crippen LogP contribution in [0.3, 0.4) is 0 Å². The number of benzene rings is 1. The van der Waals surface area contributed by atoms with Gasteiger partial charge in [-0.25, -0.2) is 18.5 Å². The lowest BCUT2D eigenvalue weighted by Crippen LogP contribution is -2.25. The molecule has 0 fully saturated rings. The molecule has 3 N–H and O–H groups in total. The normalized spacial score (nSPS) is 13.1. The van der Waals surface area contributed by atoms with Crippen molar-refractivity contribution in [3.05, 3.63) is 41.6 Å². The molecule has 0 aliphatic carbocycles. The maximum Gasteiger partial charge on any atom is 0.249 e. The summed E-state index contributed by atoms with van der Waals surface area (Å²) in [5.74, 6) is 0. The summed E-state index contributed by atoms with van der Waals surface area (Å²) in [7, 11) is -1.94. The minimum absolute atomic E-state index is 0.0241. The Morgan fingerprint density at radius 1 is 1.36 bits per heavy atom. The van der Waals surface area contributed by atoms with Crippen molar-refractivity contribution < 1.29 is 13.5 Å². The second kappa shape index (κ2) is 6.74. The summed E-state index contributed by atoms with van der Waals surface area (Å²) in [6.45, 7) is 1.65. The van der Waals surface area contributed by atoms with Crippen molar-refractivity contribution in [3.8, 4) is 0 Å². The molecule has 1 heterocycles. The molecule has 6 nitrogen and oxygen atoms in total. The number of nitrogens with zero attached hydrogens (tertiary/aromatic N) is 2. The number of hydrogen-bond acceptors (Lipinski definition) is 6. The van der Waals surface area contributed by atoms with Gasteiger partial charge >= 0.3 is 0 Å². The van der Waals surface area contributed by atoms with Crippen molar-refractivity contribution in [1.29, 1.82) is 0 Å². The fourth-order valence-corrected chi connectivity index (χ4v) is 4.26. The Bertz CT molecular complexity index is 729. The Labute approximate surface area is 134 Å². The summed E-state index contributed by atoms with van der Waals surface area (Å²) < 4.78 is 23.2. The second-order valence-corrected chi connectivity index (χ2v) is 7.70. The van der Waals surface area contributed by atoms with Gasteiger partial charge in [-0.2, -0.15) is 0 Å². The highest BCUT2D eigenvalue weighted by Crippen LogP contribution is 2.34. The number of nitrogens with two attached hydrogens (primary N) is 1. The van der Waals surface area contributed by atoms with Gasteiger partial charge in [0.25, 0.3) is 0 Å². The molecule has 1 aromatic heterocycles. The fraction of sp³-hybridized carbons (Fsp3) is 0.357. The van der Waals surface area contributed by atoms with Crippen molar-refractivity contribution >= 4 is 26.5 Å². The highest BCUT2D eigenvalue weighted by molar-refractivity contribution is 7.91. The molecule has 8 heteroatoms. The minimum atomic E-state index is -3.77. The minimum Gasteiger partial charge on any atom is -0.396 e. The van der Waals surface area contributed by atoms with E-state index < -0.39 is 10.0 Å². The van der Waals surface area contributed by atoms with Gasteiger partial charge in [-0.15, -0.1) is 0 Å². The first-order chi connectivity index (χ1) is 10.3. The van der Waals surface area contributed by atoms with E-state index in [1.807, 2.05) is 42.3 Å². The van der Waals surface area contributed by atoms with Gasteiger partial charge in [0.05, 0.1) is 11.7 Å². The molecule has 22 heavy (non-hydrogen) atoms. The SMILES string of the molecule is Cc1nc(N(C)[C@H](CCO)c2ccccc2)sc1S(N)(=O)=O. The lowest BCUT2D eigenvalue weighted by molar-refractivity contribution is 0.275. The molecule has 0 aliphatic rings. The van der Waals surface area contributed by atoms with Crippen LogP contribution in [-0.2, 0) is 10.0 Å². The van der Waals surface area contributed by atoms with Crippen LogP contribution in [-0.4, -0.2) is 32.2 Å². The van der Waals surface area contributed by atoms with Gasteiger partial charge in [-0.1, -0.05) is 41.7 Å². The number of primary sulfonamides is 1. The molecule has 1 aromatic carbocycles. The number of thiazole rings is 1. The predicted molar refractivity (Wildman–Crippen MR) is 87.5 cm³/mol. The van der Waals surface area contributed by atoms with Gasteiger partial charge in [0.2, 0.25) is 10.0 Å². The molecule has 0 radical (unpaired) electrons. The fourth-order valence-electron chi connectivity index (χ4n) is 2.30. The summed E-state index contributed by atoms with van der Waals surface area (Å²) in [6, 6.07) is 9.62. The molecule has 0 saturated carbocycles. The molecule has 120 valence electrons. The van der Waals surface area contributed by atoms with Crippen molar-refractivity contribution in [2.45, 2.75) is 23.6 Å². The van der Waals surface area contributed by atoms with Gasteiger partial charge in [0.15, 0.2) is 9.34 Å². The van der Waals surface area contributed by atoms with Crippen LogP contribution in [0.4, 0.5) is 5.13 Å². The molecule has 2 aromatic rings. The summed E-state index contributed by atoms with van der Waals surface area (Å²) in [5.41, 5.74) is 1.43. The van der Waals surface area contributed by atoms with E-state index in [4.69, 9.17) is 5.14 Å². The predicted octanol–water partition coefficient (Wildman–Crippen LogP) is 1.66. The molecule has 1 atom stereocenters. The maximum atomic E-state index is 11.5. The number of rotatable bonds is 6. The zero-order chi connectivity index (χ0) is 16.3. The van der Waals surface area contributed by atoms with E-state index in [-0.39, 0.29) is 16.9 Å². The van der Waals surface area contributed by atoms with Gasteiger partial charge in [0, 0.05) is 13.7 Å². The molecule has 0 unspecified atom stereocenters. The van der Waals surface area contributed by atoms with Crippen molar-refractivity contribution in [3.63, 3.8) is 0 Å². The molecule has 2 rings (SSSR count). The monoisotopic (exact) mass is 341 g/mol. The van der Waals surface area contributed by atoms with Gasteiger partial charge < -0.3 is 10.0 Å². The van der Waals surface area contributed by atoms with E-state index in [1.54, 1.807) is 6.92 Å². The van der Waals surface area contributed by atoms with Crippen LogP contribution in [0.1, 0.15) is 23.7 Å². The summed E-state index contributed by atoms with van der Waals surface area (Å²) in [6.07, 6.45) is 0.518. The maximum absolute atomic E-state index is 11.5. The quantitative estimate of drug-likeness (QED) is 0.833. The molecule has 0 spiro atoms. The first-order valence-corrected chi connectivity index (χ1v) is 9.09. The number of aliphatic hydroxyl groups is 1. The third-order valence-electron chi connectivity index (χ3n) is 3.36. The summed E-state index contributed by atoms with van der Waals surface area (Å²) in [4.78, 5) is 6.18. The van der Waals surface area contributed by atoms with E-state index in [1.165, 1.54) is 0 Å². The zero-order valence-corrected chi connectivity index (χ0v) is 14.1. The average Bonchev–Trinajstić information content (AvgIpc) is 2.87. The van der Waals surface area contributed by atoms with Crippen LogP contribution in [0.2, 0.25) is 0 Å². The smallest absolute Gasteiger partial charge is 0.249 e. The first-order valence-electron chi connectivity index (χ1n) is 6.73. The van der Waals surface area contributed by atoms with E-state index in [2.05, 4.69) is 4.98 Å². The van der Waals surface area contributed by atoms with E-state index in [9.17, 15) is 13.5 Å². The number of aromatic nitrogens is 1. The highest BCUT2D eigenvalue weighted by Gasteiger charge is 2.24. The summed E-state index contributed by atoms with van der Waals surface area (Å²) >= 11 is 1.04. The Kier molecular flexibility index (Phi) is 5.17. The Morgan fingerprint density at radius 2 is 2.00 bits per heavy atom. The number of aliphatic hydroxyl groups excluding tert-OH is 1. The molecule has 0 saturated heterocycles. The van der Waals surface area contributed by atoms with Crippen molar-refractivity contribution in [2.75, 3.05) is 18.6 Å². The lowest BCUT2D eigenvalue weighted by Gasteiger charge is -2.27. The Morgan fingerprint density at radius 3 is 2.50 bits per heavy atom. The molecular weight excluding hydrogens is 322 g/mol. The van der Waals surface area contributed by atoms with E-state index in [0.717, 1.165) is 16.9 Å². The number of anilines is 1. The largest absolute Gasteiger partial charge is 0.396 e. The highest BCUT2D eigenvalue weighted by atomic mass is 32.2. The van der Waals surface area contributed by atoms with Gasteiger partial charge in [-0.3, -0.25) is 0 Å². The lowest BCUT2D eigenvalue weighted by atomic mass is 10.0. The number of sulfonamides is 1. The van der Waals surface area contributed by atoms with Gasteiger partial charge in [0.1, 0.15) is 0 Å². The molecule has 0 bridgehead atoms. The third-order valence-corrected chi connectivity index (χ3v) is 6.16.